The smallest absolute Gasteiger partial charge is 0.273 e. The quantitative estimate of drug-likeness (QED) is 0.725. The fraction of sp³-hybridized carbons (Fsp3) is 0.500. The first kappa shape index (κ1) is 10.6. The average Bonchev–Trinajstić information content (AvgIpc) is 2.26. The Morgan fingerprint density at radius 1 is 1.50 bits per heavy atom. The van der Waals surface area contributed by atoms with E-state index in [0.29, 0.717) is 5.69 Å². The third-order valence-electron chi connectivity index (χ3n) is 1.98. The Bertz CT molecular complexity index is 287. The predicted molar refractivity (Wildman–Crippen MR) is 53.9 cm³/mol. The van der Waals surface area contributed by atoms with Crippen LogP contribution in [0.1, 0.15) is 30.3 Å². The molecule has 1 amide bonds. The Kier molecular flexibility index (Phi) is 4.04. The summed E-state index contributed by atoms with van der Waals surface area (Å²) < 4.78 is 0. The van der Waals surface area contributed by atoms with Gasteiger partial charge in [0.2, 0.25) is 0 Å². The molecule has 0 saturated carbocycles. The topological polar surface area (TPSA) is 46.1 Å². The predicted octanol–water partition coefficient (Wildman–Crippen LogP) is 1.35. The first-order valence-electron chi connectivity index (χ1n) is 4.77. The zero-order valence-electron chi connectivity index (χ0n) is 8.60. The van der Waals surface area contributed by atoms with E-state index in [1.165, 1.54) is 12.4 Å². The zero-order valence-corrected chi connectivity index (χ0v) is 8.60. The van der Waals surface area contributed by atoms with E-state index < -0.39 is 0 Å². The molecule has 1 heterocycles. The lowest BCUT2D eigenvalue weighted by Crippen LogP contribution is -2.28. The molecule has 0 aliphatic heterocycles. The van der Waals surface area contributed by atoms with Gasteiger partial charge in [-0.1, -0.05) is 13.3 Å². The van der Waals surface area contributed by atoms with Crippen molar-refractivity contribution < 1.29 is 4.79 Å². The van der Waals surface area contributed by atoms with Crippen LogP contribution in [-0.4, -0.2) is 34.4 Å². The summed E-state index contributed by atoms with van der Waals surface area (Å²) in [5.74, 6) is -0.0634. The number of carbonyl (C=O) groups excluding carboxylic acids is 1. The van der Waals surface area contributed by atoms with E-state index in [-0.39, 0.29) is 5.91 Å². The summed E-state index contributed by atoms with van der Waals surface area (Å²) in [5.41, 5.74) is 0.408. The lowest BCUT2D eigenvalue weighted by atomic mass is 10.3. The molecule has 0 radical (unpaired) electrons. The molecule has 0 aliphatic carbocycles. The maximum absolute atomic E-state index is 11.7. The largest absolute Gasteiger partial charge is 0.340 e. The fourth-order valence-electron chi connectivity index (χ4n) is 1.10. The van der Waals surface area contributed by atoms with Gasteiger partial charge in [-0.2, -0.15) is 0 Å². The zero-order chi connectivity index (χ0) is 10.4. The number of hydrogen-bond acceptors (Lipinski definition) is 3. The second kappa shape index (κ2) is 5.32. The van der Waals surface area contributed by atoms with Crippen LogP contribution < -0.4 is 0 Å². The van der Waals surface area contributed by atoms with Gasteiger partial charge in [-0.15, -0.1) is 0 Å². The third-order valence-corrected chi connectivity index (χ3v) is 1.98. The van der Waals surface area contributed by atoms with Gasteiger partial charge in [0.15, 0.2) is 0 Å². The monoisotopic (exact) mass is 193 g/mol. The molecule has 0 spiro atoms. The summed E-state index contributed by atoms with van der Waals surface area (Å²) in [6.45, 7) is 2.87. The number of rotatable bonds is 4. The molecule has 0 saturated heterocycles. The molecular weight excluding hydrogens is 178 g/mol. The molecule has 4 heteroatoms. The normalized spacial score (nSPS) is 9.86. The molecule has 1 aromatic rings. The first-order valence-corrected chi connectivity index (χ1v) is 4.77. The number of hydrogen-bond donors (Lipinski definition) is 0. The van der Waals surface area contributed by atoms with Crippen LogP contribution in [0.4, 0.5) is 0 Å². The van der Waals surface area contributed by atoms with Crippen LogP contribution in [0.15, 0.2) is 18.6 Å². The molecule has 0 N–H and O–H groups in total. The van der Waals surface area contributed by atoms with Crippen LogP contribution in [0.25, 0.3) is 0 Å². The van der Waals surface area contributed by atoms with Crippen LogP contribution >= 0.6 is 0 Å². The van der Waals surface area contributed by atoms with Crippen molar-refractivity contribution in [2.75, 3.05) is 13.6 Å². The molecule has 0 aliphatic rings. The SMILES string of the molecule is CCCCN(C)C(=O)c1cnccn1. The van der Waals surface area contributed by atoms with Crippen molar-refractivity contribution in [2.45, 2.75) is 19.8 Å². The second-order valence-corrected chi connectivity index (χ2v) is 3.17. The van der Waals surface area contributed by atoms with E-state index in [9.17, 15) is 4.79 Å². The van der Waals surface area contributed by atoms with Gasteiger partial charge in [0.1, 0.15) is 5.69 Å². The van der Waals surface area contributed by atoms with Gasteiger partial charge in [0, 0.05) is 26.0 Å². The average molecular weight is 193 g/mol. The van der Waals surface area contributed by atoms with Crippen LogP contribution in [-0.2, 0) is 0 Å². The minimum absolute atomic E-state index is 0.0634. The summed E-state index contributed by atoms with van der Waals surface area (Å²) in [5, 5.41) is 0. The number of amides is 1. The molecule has 0 unspecified atom stereocenters. The van der Waals surface area contributed by atoms with Crippen molar-refractivity contribution in [3.05, 3.63) is 24.3 Å². The third kappa shape index (κ3) is 2.80. The summed E-state index contributed by atoms with van der Waals surface area (Å²) in [7, 11) is 1.78. The van der Waals surface area contributed by atoms with Crippen molar-refractivity contribution >= 4 is 5.91 Å². The van der Waals surface area contributed by atoms with Crippen molar-refractivity contribution in [2.24, 2.45) is 0 Å². The van der Waals surface area contributed by atoms with Gasteiger partial charge in [-0.05, 0) is 6.42 Å². The minimum Gasteiger partial charge on any atom is -0.340 e. The molecule has 0 bridgehead atoms. The highest BCUT2D eigenvalue weighted by Gasteiger charge is 2.11. The van der Waals surface area contributed by atoms with E-state index in [1.807, 2.05) is 0 Å². The number of unbranched alkanes of at least 4 members (excludes halogenated alkanes) is 1. The molecule has 14 heavy (non-hydrogen) atoms. The van der Waals surface area contributed by atoms with Gasteiger partial charge in [0.25, 0.3) is 5.91 Å². The summed E-state index contributed by atoms with van der Waals surface area (Å²) in [6, 6.07) is 0. The lowest BCUT2D eigenvalue weighted by Gasteiger charge is -2.15. The van der Waals surface area contributed by atoms with Crippen molar-refractivity contribution in [1.29, 1.82) is 0 Å². The molecule has 1 aromatic heterocycles. The van der Waals surface area contributed by atoms with E-state index in [2.05, 4.69) is 16.9 Å². The maximum Gasteiger partial charge on any atom is 0.273 e. The molecule has 0 fully saturated rings. The Balaban J connectivity index is 2.57. The molecule has 76 valence electrons. The van der Waals surface area contributed by atoms with Crippen LogP contribution in [0.3, 0.4) is 0 Å². The summed E-state index contributed by atoms with van der Waals surface area (Å²) >= 11 is 0. The van der Waals surface area contributed by atoms with Gasteiger partial charge in [-0.25, -0.2) is 4.98 Å². The Labute approximate surface area is 84.0 Å². The minimum atomic E-state index is -0.0634. The van der Waals surface area contributed by atoms with E-state index in [1.54, 1.807) is 18.1 Å². The van der Waals surface area contributed by atoms with Gasteiger partial charge >= 0.3 is 0 Å². The van der Waals surface area contributed by atoms with Crippen molar-refractivity contribution in [1.82, 2.24) is 14.9 Å². The molecule has 4 nitrogen and oxygen atoms in total. The lowest BCUT2D eigenvalue weighted by molar-refractivity contribution is 0.0787. The van der Waals surface area contributed by atoms with E-state index in [0.717, 1.165) is 19.4 Å². The Morgan fingerprint density at radius 2 is 2.29 bits per heavy atom. The first-order chi connectivity index (χ1) is 6.75. The highest BCUT2D eigenvalue weighted by Crippen LogP contribution is 1.99. The molecule has 0 aromatic carbocycles. The maximum atomic E-state index is 11.7. The van der Waals surface area contributed by atoms with Crippen LogP contribution in [0.2, 0.25) is 0 Å². The van der Waals surface area contributed by atoms with E-state index in [4.69, 9.17) is 0 Å². The highest BCUT2D eigenvalue weighted by molar-refractivity contribution is 5.91. The van der Waals surface area contributed by atoms with Gasteiger partial charge in [-0.3, -0.25) is 9.78 Å². The fourth-order valence-corrected chi connectivity index (χ4v) is 1.10. The van der Waals surface area contributed by atoms with Crippen LogP contribution in [0, 0.1) is 0 Å². The van der Waals surface area contributed by atoms with E-state index >= 15 is 0 Å². The Hall–Kier alpha value is -1.45. The summed E-state index contributed by atoms with van der Waals surface area (Å²) in [6.07, 6.45) is 6.68. The van der Waals surface area contributed by atoms with Crippen LogP contribution in [0.5, 0.6) is 0 Å². The second-order valence-electron chi connectivity index (χ2n) is 3.17. The molecular formula is C10H15N3O. The Morgan fingerprint density at radius 3 is 2.86 bits per heavy atom. The van der Waals surface area contributed by atoms with Crippen molar-refractivity contribution in [3.63, 3.8) is 0 Å². The number of carbonyl (C=O) groups is 1. The molecule has 0 atom stereocenters. The van der Waals surface area contributed by atoms with Gasteiger partial charge in [0.05, 0.1) is 6.20 Å². The highest BCUT2D eigenvalue weighted by atomic mass is 16.2. The number of aromatic nitrogens is 2. The number of nitrogens with zero attached hydrogens (tertiary/aromatic N) is 3. The standard InChI is InChI=1S/C10H15N3O/c1-3-4-7-13(2)10(14)9-8-11-5-6-12-9/h5-6,8H,3-4,7H2,1-2H3. The van der Waals surface area contributed by atoms with Gasteiger partial charge < -0.3 is 4.90 Å². The molecule has 1 rings (SSSR count). The van der Waals surface area contributed by atoms with Crippen molar-refractivity contribution in [3.8, 4) is 0 Å². The summed E-state index contributed by atoms with van der Waals surface area (Å²) in [4.78, 5) is 21.2.